The minimum absolute atomic E-state index is 0.177. The summed E-state index contributed by atoms with van der Waals surface area (Å²) < 4.78 is 63.0. The maximum absolute atomic E-state index is 11.6. The Bertz CT molecular complexity index is 646. The minimum Gasteiger partial charge on any atom is -0.464 e. The van der Waals surface area contributed by atoms with E-state index in [9.17, 15) is 21.9 Å². The smallest absolute Gasteiger partial charge is 0.312 e. The molecule has 4 unspecified atom stereocenters. The molecule has 0 spiro atoms. The fourth-order valence-electron chi connectivity index (χ4n) is 3.00. The van der Waals surface area contributed by atoms with Crippen LogP contribution in [0.4, 0.5) is 0 Å². The highest BCUT2D eigenvalue weighted by atomic mass is 32.2. The Morgan fingerprint density at radius 1 is 1.42 bits per heavy atom. The zero-order valence-corrected chi connectivity index (χ0v) is 11.2. The molecule has 3 aliphatic rings. The Morgan fingerprint density at radius 3 is 2.74 bits per heavy atom. The van der Waals surface area contributed by atoms with Gasteiger partial charge in [-0.1, -0.05) is 0 Å². The predicted molar refractivity (Wildman–Crippen MR) is 60.5 cm³/mol. The van der Waals surface area contributed by atoms with E-state index in [2.05, 4.69) is 0 Å². The van der Waals surface area contributed by atoms with Crippen molar-refractivity contribution >= 4 is 20.2 Å². The van der Waals surface area contributed by atoms with E-state index in [4.69, 9.17) is 13.5 Å². The standard InChI is InChI=1S/C9H12O8S2/c10-7(3-18(11,12)13)16-8-4-1-5-6(2-4)19(14,15)17-9(5)8/h4-7,10H,1-3H2,(H,11,12,13). The van der Waals surface area contributed by atoms with Gasteiger partial charge in [0.2, 0.25) is 6.29 Å². The van der Waals surface area contributed by atoms with Gasteiger partial charge in [0.05, 0.1) is 0 Å². The first-order chi connectivity index (χ1) is 8.67. The molecule has 2 fully saturated rings. The van der Waals surface area contributed by atoms with Crippen molar-refractivity contribution in [3.05, 3.63) is 11.5 Å². The normalized spacial score (nSPS) is 36.4. The van der Waals surface area contributed by atoms with E-state index in [0.717, 1.165) is 0 Å². The van der Waals surface area contributed by atoms with Gasteiger partial charge in [0.15, 0.2) is 5.76 Å². The van der Waals surface area contributed by atoms with E-state index in [1.807, 2.05) is 0 Å². The predicted octanol–water partition coefficient (Wildman–Crippen LogP) is -0.811. The highest BCUT2D eigenvalue weighted by Gasteiger charge is 2.60. The van der Waals surface area contributed by atoms with Gasteiger partial charge in [-0.15, -0.1) is 0 Å². The molecule has 1 heterocycles. The monoisotopic (exact) mass is 312 g/mol. The fraction of sp³-hybridized carbons (Fsp3) is 0.778. The summed E-state index contributed by atoms with van der Waals surface area (Å²) in [6.45, 7) is 0. The number of aliphatic hydroxyl groups excluding tert-OH is 1. The molecule has 0 radical (unpaired) electrons. The molecule has 2 aliphatic carbocycles. The van der Waals surface area contributed by atoms with Gasteiger partial charge in [-0.25, -0.2) is 0 Å². The van der Waals surface area contributed by atoms with Crippen molar-refractivity contribution in [1.82, 2.24) is 0 Å². The average Bonchev–Trinajstić information content (AvgIpc) is 2.78. The molecule has 0 aromatic heterocycles. The molecule has 2 bridgehead atoms. The molecule has 1 saturated heterocycles. The molecule has 2 N–H and O–H groups in total. The molecule has 108 valence electrons. The fourth-order valence-corrected chi connectivity index (χ4v) is 5.11. The quantitative estimate of drug-likeness (QED) is 0.392. The van der Waals surface area contributed by atoms with Crippen LogP contribution < -0.4 is 0 Å². The summed E-state index contributed by atoms with van der Waals surface area (Å²) in [6, 6.07) is 0. The van der Waals surface area contributed by atoms with Crippen LogP contribution in [-0.2, 0) is 29.2 Å². The van der Waals surface area contributed by atoms with Crippen molar-refractivity contribution in [2.45, 2.75) is 24.4 Å². The number of hydrogen-bond donors (Lipinski definition) is 2. The van der Waals surface area contributed by atoms with Gasteiger partial charge >= 0.3 is 10.1 Å². The second-order valence-electron chi connectivity index (χ2n) is 4.94. The van der Waals surface area contributed by atoms with Crippen LogP contribution in [0.15, 0.2) is 11.5 Å². The first kappa shape index (κ1) is 13.2. The molecule has 19 heavy (non-hydrogen) atoms. The Hall–Kier alpha value is -0.840. The number of allylic oxidation sites excluding steroid dienone is 2. The van der Waals surface area contributed by atoms with Crippen LogP contribution in [0.1, 0.15) is 12.8 Å². The zero-order valence-electron chi connectivity index (χ0n) is 9.59. The van der Waals surface area contributed by atoms with Crippen molar-refractivity contribution in [1.29, 1.82) is 0 Å². The van der Waals surface area contributed by atoms with E-state index in [1.54, 1.807) is 0 Å². The molecule has 1 saturated carbocycles. The number of ether oxygens (including phenoxy) is 1. The summed E-state index contributed by atoms with van der Waals surface area (Å²) in [5.74, 6) is -1.05. The Labute approximate surface area is 109 Å². The lowest BCUT2D eigenvalue weighted by Crippen LogP contribution is -2.25. The van der Waals surface area contributed by atoms with Crippen LogP contribution in [0.3, 0.4) is 0 Å². The van der Waals surface area contributed by atoms with E-state index in [-0.39, 0.29) is 23.4 Å². The van der Waals surface area contributed by atoms with Crippen LogP contribution in [0, 0.1) is 11.8 Å². The third kappa shape index (κ3) is 2.12. The molecule has 8 nitrogen and oxygen atoms in total. The number of hydrogen-bond acceptors (Lipinski definition) is 7. The van der Waals surface area contributed by atoms with Crippen molar-refractivity contribution in [2.75, 3.05) is 5.75 Å². The van der Waals surface area contributed by atoms with Crippen molar-refractivity contribution in [3.8, 4) is 0 Å². The molecule has 0 aromatic carbocycles. The molecular formula is C9H12O8S2. The largest absolute Gasteiger partial charge is 0.464 e. The van der Waals surface area contributed by atoms with Crippen LogP contribution in [0.5, 0.6) is 0 Å². The van der Waals surface area contributed by atoms with E-state index in [0.29, 0.717) is 12.8 Å². The summed E-state index contributed by atoms with van der Waals surface area (Å²) in [4.78, 5) is 0. The van der Waals surface area contributed by atoms with Crippen LogP contribution in [0.2, 0.25) is 0 Å². The Balaban J connectivity index is 1.82. The third-order valence-electron chi connectivity index (χ3n) is 3.65. The topological polar surface area (TPSA) is 127 Å². The first-order valence-electron chi connectivity index (χ1n) is 5.64. The van der Waals surface area contributed by atoms with Crippen molar-refractivity contribution in [3.63, 3.8) is 0 Å². The van der Waals surface area contributed by atoms with Gasteiger partial charge in [-0.2, -0.15) is 16.8 Å². The molecule has 10 heteroatoms. The molecule has 3 rings (SSSR count). The highest BCUT2D eigenvalue weighted by molar-refractivity contribution is 7.87. The van der Waals surface area contributed by atoms with Gasteiger partial charge < -0.3 is 14.0 Å². The Kier molecular flexibility index (Phi) is 2.66. The van der Waals surface area contributed by atoms with Gasteiger partial charge in [0.1, 0.15) is 16.8 Å². The second kappa shape index (κ2) is 3.84. The number of fused-ring (bicyclic) bond motifs is 1. The maximum atomic E-state index is 11.6. The van der Waals surface area contributed by atoms with E-state index < -0.39 is 37.5 Å². The first-order valence-corrected chi connectivity index (χ1v) is 8.72. The molecule has 0 aromatic rings. The minimum atomic E-state index is -4.37. The summed E-state index contributed by atoms with van der Waals surface area (Å²) in [5, 5.41) is 8.87. The lowest BCUT2D eigenvalue weighted by molar-refractivity contribution is -0.0586. The number of rotatable bonds is 4. The van der Waals surface area contributed by atoms with Gasteiger partial charge in [0.25, 0.3) is 10.1 Å². The summed E-state index contributed by atoms with van der Waals surface area (Å²) >= 11 is 0. The van der Waals surface area contributed by atoms with E-state index in [1.165, 1.54) is 0 Å². The highest BCUT2D eigenvalue weighted by Crippen LogP contribution is 2.57. The molecule has 1 aliphatic heterocycles. The summed E-state index contributed by atoms with van der Waals surface area (Å²) in [5.41, 5.74) is 0. The summed E-state index contributed by atoms with van der Waals surface area (Å²) in [6.07, 6.45) is -0.834. The lowest BCUT2D eigenvalue weighted by Gasteiger charge is -2.18. The van der Waals surface area contributed by atoms with E-state index >= 15 is 0 Å². The zero-order chi connectivity index (χ0) is 14.0. The second-order valence-corrected chi connectivity index (χ2v) is 8.19. The molecule has 4 atom stereocenters. The van der Waals surface area contributed by atoms with Crippen molar-refractivity contribution < 1.29 is 35.4 Å². The molecular weight excluding hydrogens is 300 g/mol. The van der Waals surface area contributed by atoms with Crippen LogP contribution in [0.25, 0.3) is 0 Å². The lowest BCUT2D eigenvalue weighted by atomic mass is 10.0. The van der Waals surface area contributed by atoms with Crippen molar-refractivity contribution in [2.24, 2.45) is 11.8 Å². The van der Waals surface area contributed by atoms with Crippen LogP contribution in [-0.4, -0.2) is 43.8 Å². The SMILES string of the molecule is O=S(=O)(O)CC(O)OC1=C2OS(=O)(=O)C3CC1CC23. The van der Waals surface area contributed by atoms with Gasteiger partial charge in [0, 0.05) is 11.8 Å². The summed E-state index contributed by atoms with van der Waals surface area (Å²) in [7, 11) is -7.99. The third-order valence-corrected chi connectivity index (χ3v) is 6.03. The van der Waals surface area contributed by atoms with Crippen LogP contribution >= 0.6 is 0 Å². The molecule has 0 amide bonds. The number of aliphatic hydroxyl groups is 1. The Morgan fingerprint density at radius 2 is 2.11 bits per heavy atom. The van der Waals surface area contributed by atoms with Gasteiger partial charge in [-0.3, -0.25) is 4.55 Å². The van der Waals surface area contributed by atoms with Gasteiger partial charge in [-0.05, 0) is 12.8 Å². The maximum Gasteiger partial charge on any atom is 0.312 e. The average molecular weight is 312 g/mol.